The van der Waals surface area contributed by atoms with Gasteiger partial charge < -0.3 is 25.4 Å². The van der Waals surface area contributed by atoms with Gasteiger partial charge in [0.25, 0.3) is 5.56 Å². The Kier molecular flexibility index (Phi) is 9.62. The quantitative estimate of drug-likeness (QED) is 0.203. The van der Waals surface area contributed by atoms with Gasteiger partial charge in [-0.25, -0.2) is 9.78 Å². The first-order valence-corrected chi connectivity index (χ1v) is 15.2. The maximum atomic E-state index is 13.2. The van der Waals surface area contributed by atoms with Crippen LogP contribution in [0.3, 0.4) is 0 Å². The molecule has 1 unspecified atom stereocenters. The zero-order valence-corrected chi connectivity index (χ0v) is 24.2. The zero-order valence-electron chi connectivity index (χ0n) is 23.4. The number of fused-ring (bicyclic) bond motifs is 1. The van der Waals surface area contributed by atoms with E-state index in [2.05, 4.69) is 27.7 Å². The Morgan fingerprint density at radius 1 is 1.20 bits per heavy atom. The van der Waals surface area contributed by atoms with E-state index in [1.807, 2.05) is 0 Å². The van der Waals surface area contributed by atoms with Gasteiger partial charge >= 0.3 is 5.97 Å². The van der Waals surface area contributed by atoms with Gasteiger partial charge in [-0.15, -0.1) is 0 Å². The van der Waals surface area contributed by atoms with E-state index in [0.717, 1.165) is 69.5 Å². The molecule has 0 aromatic carbocycles. The lowest BCUT2D eigenvalue weighted by Gasteiger charge is -2.26. The number of aliphatic carboxylic acids is 1. The summed E-state index contributed by atoms with van der Waals surface area (Å²) in [5.41, 5.74) is 0.873. The molecule has 1 aliphatic heterocycles. The zero-order chi connectivity index (χ0) is 28.8. The summed E-state index contributed by atoms with van der Waals surface area (Å²) in [6, 6.07) is 7.68. The molecule has 0 radical (unpaired) electrons. The predicted octanol–water partition coefficient (Wildman–Crippen LogP) is 3.21. The van der Waals surface area contributed by atoms with E-state index in [1.54, 1.807) is 6.07 Å². The average molecular weight is 586 g/mol. The highest BCUT2D eigenvalue weighted by atomic mass is 35.5. The highest BCUT2D eigenvalue weighted by Gasteiger charge is 2.53. The third-order valence-corrected chi connectivity index (χ3v) is 8.51. The first-order valence-electron chi connectivity index (χ1n) is 14.8. The van der Waals surface area contributed by atoms with Gasteiger partial charge in [0, 0.05) is 31.4 Å². The number of pyridine rings is 2. The second kappa shape index (κ2) is 13.4. The minimum atomic E-state index is -1.12. The van der Waals surface area contributed by atoms with Crippen molar-refractivity contribution in [3.8, 4) is 0 Å². The Hall–Kier alpha value is -2.95. The fourth-order valence-electron chi connectivity index (χ4n) is 5.48. The summed E-state index contributed by atoms with van der Waals surface area (Å²) >= 11 is 6.25. The molecule has 41 heavy (non-hydrogen) atoms. The molecule has 2 aromatic heterocycles. The molecule has 0 bridgehead atoms. The largest absolute Gasteiger partial charge is 0.480 e. The SMILES string of the molecule is O=C(O)C(CCN(CCCCc1ccc2c(n1)NCCC2)CCOC1CC1)NC(=O)C1(n2c(Cl)cccc2=O)CC1. The van der Waals surface area contributed by atoms with E-state index in [-0.39, 0.29) is 17.1 Å². The lowest BCUT2D eigenvalue weighted by atomic mass is 10.1. The van der Waals surface area contributed by atoms with Crippen molar-refractivity contribution in [3.05, 3.63) is 57.1 Å². The number of nitrogens with zero attached hydrogens (tertiary/aromatic N) is 3. The third kappa shape index (κ3) is 7.67. The van der Waals surface area contributed by atoms with Crippen molar-refractivity contribution in [1.82, 2.24) is 19.8 Å². The number of halogens is 1. The molecule has 0 spiro atoms. The number of amides is 1. The van der Waals surface area contributed by atoms with Gasteiger partial charge in [0.15, 0.2) is 0 Å². The first-order chi connectivity index (χ1) is 19.9. The summed E-state index contributed by atoms with van der Waals surface area (Å²) < 4.78 is 7.14. The van der Waals surface area contributed by atoms with Crippen molar-refractivity contribution in [2.45, 2.75) is 81.9 Å². The van der Waals surface area contributed by atoms with Gasteiger partial charge in [-0.3, -0.25) is 14.2 Å². The van der Waals surface area contributed by atoms with Crippen LogP contribution < -0.4 is 16.2 Å². The normalized spacial score (nSPS) is 17.9. The maximum Gasteiger partial charge on any atom is 0.326 e. The minimum Gasteiger partial charge on any atom is -0.480 e. The number of hydrogen-bond acceptors (Lipinski definition) is 7. The molecule has 10 nitrogen and oxygen atoms in total. The van der Waals surface area contributed by atoms with Crippen molar-refractivity contribution < 1.29 is 19.4 Å². The summed E-state index contributed by atoms with van der Waals surface area (Å²) in [6.45, 7) is 3.59. The molecule has 3 N–H and O–H groups in total. The van der Waals surface area contributed by atoms with E-state index < -0.39 is 23.5 Å². The van der Waals surface area contributed by atoms with Gasteiger partial charge in [0.2, 0.25) is 5.91 Å². The fraction of sp³-hybridized carbons (Fsp3) is 0.600. The second-order valence-electron chi connectivity index (χ2n) is 11.4. The Morgan fingerprint density at radius 3 is 2.76 bits per heavy atom. The number of carboxylic acids is 1. The monoisotopic (exact) mass is 585 g/mol. The van der Waals surface area contributed by atoms with Gasteiger partial charge in [0.05, 0.1) is 12.7 Å². The van der Waals surface area contributed by atoms with E-state index in [1.165, 1.54) is 22.3 Å². The number of carbonyl (C=O) groups excluding carboxylic acids is 1. The number of aromatic nitrogens is 2. The number of anilines is 1. The van der Waals surface area contributed by atoms with Crippen molar-refractivity contribution >= 4 is 29.3 Å². The molecule has 2 fully saturated rings. The molecule has 3 heterocycles. The van der Waals surface area contributed by atoms with Crippen LogP contribution in [0, 0.1) is 0 Å². The topological polar surface area (TPSA) is 126 Å². The lowest BCUT2D eigenvalue weighted by molar-refractivity contribution is -0.143. The third-order valence-electron chi connectivity index (χ3n) is 8.21. The lowest BCUT2D eigenvalue weighted by Crippen LogP contribution is -2.50. The number of carbonyl (C=O) groups is 2. The molecular formula is C30H40ClN5O5. The number of aryl methyl sites for hydroxylation is 2. The van der Waals surface area contributed by atoms with Gasteiger partial charge in [-0.2, -0.15) is 0 Å². The van der Waals surface area contributed by atoms with Crippen molar-refractivity contribution in [3.63, 3.8) is 0 Å². The Morgan fingerprint density at radius 2 is 2.02 bits per heavy atom. The number of carboxylic acid groups (broad SMARTS) is 1. The average Bonchev–Trinajstić information content (AvgIpc) is 3.89. The van der Waals surface area contributed by atoms with Crippen molar-refractivity contribution in [2.75, 3.05) is 38.1 Å². The molecule has 0 saturated heterocycles. The second-order valence-corrected chi connectivity index (χ2v) is 11.8. The number of nitrogens with one attached hydrogen (secondary N) is 2. The van der Waals surface area contributed by atoms with Crippen LogP contribution in [0.25, 0.3) is 0 Å². The first kappa shape index (κ1) is 29.5. The molecule has 1 atom stereocenters. The highest BCUT2D eigenvalue weighted by Crippen LogP contribution is 2.44. The fourth-order valence-corrected chi connectivity index (χ4v) is 5.80. The van der Waals surface area contributed by atoms with Gasteiger partial charge in [0.1, 0.15) is 22.6 Å². The Balaban J connectivity index is 1.14. The number of ether oxygens (including phenoxy) is 1. The van der Waals surface area contributed by atoms with E-state index in [0.29, 0.717) is 38.6 Å². The molecule has 11 heteroatoms. The summed E-state index contributed by atoms with van der Waals surface area (Å²) in [5, 5.41) is 16.2. The minimum absolute atomic E-state index is 0.167. The molecular weight excluding hydrogens is 546 g/mol. The summed E-state index contributed by atoms with van der Waals surface area (Å²) in [5.74, 6) is -0.556. The van der Waals surface area contributed by atoms with Crippen LogP contribution in [0.5, 0.6) is 0 Å². The summed E-state index contributed by atoms with van der Waals surface area (Å²) in [4.78, 5) is 44.8. The molecule has 5 rings (SSSR count). The smallest absolute Gasteiger partial charge is 0.326 e. The molecule has 2 aliphatic carbocycles. The number of hydrogen-bond donors (Lipinski definition) is 3. The Bertz CT molecular complexity index is 1290. The van der Waals surface area contributed by atoms with Crippen LogP contribution in [-0.4, -0.2) is 76.4 Å². The van der Waals surface area contributed by atoms with Gasteiger partial charge in [-0.1, -0.05) is 23.7 Å². The summed E-state index contributed by atoms with van der Waals surface area (Å²) in [6.07, 6.45) is 8.71. The molecule has 2 aromatic rings. The molecule has 1 amide bonds. The Labute approximate surface area is 245 Å². The molecule has 2 saturated carbocycles. The van der Waals surface area contributed by atoms with Gasteiger partial charge in [-0.05, 0) is 88.4 Å². The van der Waals surface area contributed by atoms with Crippen LogP contribution in [0.4, 0.5) is 5.82 Å². The van der Waals surface area contributed by atoms with Crippen LogP contribution in [0.15, 0.2) is 35.1 Å². The number of unbranched alkanes of at least 4 members (excludes halogenated alkanes) is 1. The molecule has 222 valence electrons. The van der Waals surface area contributed by atoms with Crippen molar-refractivity contribution in [1.29, 1.82) is 0 Å². The van der Waals surface area contributed by atoms with E-state index >= 15 is 0 Å². The van der Waals surface area contributed by atoms with E-state index in [4.69, 9.17) is 21.3 Å². The predicted molar refractivity (Wildman–Crippen MR) is 157 cm³/mol. The van der Waals surface area contributed by atoms with E-state index in [9.17, 15) is 19.5 Å². The van der Waals surface area contributed by atoms with Crippen LogP contribution in [-0.2, 0) is 32.7 Å². The standard InChI is InChI=1S/C30H40ClN5O5/c31-25-7-3-8-26(37)36(25)30(14-15-30)29(40)34-24(28(38)39)13-18-35(19-20-41-23-11-12-23)17-2-1-6-22-10-9-21-5-4-16-32-27(21)33-22/h3,7-10,23-24H,1-2,4-6,11-20H2,(H,32,33)(H,34,40)(H,38,39). The van der Waals surface area contributed by atoms with Crippen LogP contribution in [0.2, 0.25) is 5.15 Å². The highest BCUT2D eigenvalue weighted by molar-refractivity contribution is 6.29. The van der Waals surface area contributed by atoms with Crippen LogP contribution >= 0.6 is 11.6 Å². The summed E-state index contributed by atoms with van der Waals surface area (Å²) in [7, 11) is 0. The van der Waals surface area contributed by atoms with Crippen LogP contribution in [0.1, 0.15) is 62.6 Å². The molecule has 3 aliphatic rings. The van der Waals surface area contributed by atoms with Crippen molar-refractivity contribution in [2.24, 2.45) is 0 Å². The maximum absolute atomic E-state index is 13.2. The number of rotatable bonds is 16.